The van der Waals surface area contributed by atoms with Crippen LogP contribution in [0.3, 0.4) is 0 Å². The molecular formula is C31H28Cl2F3N7O2. The minimum absolute atomic E-state index is 0.0131. The maximum absolute atomic E-state index is 14.7. The van der Waals surface area contributed by atoms with Crippen LogP contribution in [-0.2, 0) is 4.79 Å². The van der Waals surface area contributed by atoms with Gasteiger partial charge in [-0.05, 0) is 18.1 Å². The van der Waals surface area contributed by atoms with Gasteiger partial charge in [-0.15, -0.1) is 0 Å². The number of anilines is 2. The molecule has 0 saturated carbocycles. The van der Waals surface area contributed by atoms with Gasteiger partial charge >= 0.3 is 0 Å². The van der Waals surface area contributed by atoms with Crippen LogP contribution in [0.1, 0.15) is 32.4 Å². The smallest absolute Gasteiger partial charge is 0.272 e. The van der Waals surface area contributed by atoms with E-state index in [1.165, 1.54) is 16.7 Å². The standard InChI is InChI=1S/C31H28Cl2F3N7O2/c1-5-19(44)41-8-10-42(11-9-41)29-16-12-18(32)27(20-21(33)22(34)23(35)24(36)25(20)38)40-30(16)43(31(45)17(29)13-37)28-15(4)6-7-39-26(28)14(2)3/h5-7,12,14-15,28H,1,8-11,38H2,2-4H3/t15-,28?/m1/s1. The predicted octanol–water partition coefficient (Wildman–Crippen LogP) is 5.88. The lowest BCUT2D eigenvalue weighted by molar-refractivity contribution is -0.126. The molecule has 0 aliphatic carbocycles. The molecular weight excluding hydrogens is 630 g/mol. The first kappa shape index (κ1) is 32.1. The molecule has 1 fully saturated rings. The van der Waals surface area contributed by atoms with E-state index in [2.05, 4.69) is 22.6 Å². The summed E-state index contributed by atoms with van der Waals surface area (Å²) in [6.07, 6.45) is 4.67. The number of nitrogens with zero attached hydrogens (tertiary/aromatic N) is 6. The van der Waals surface area contributed by atoms with Gasteiger partial charge in [-0.3, -0.25) is 19.1 Å². The topological polar surface area (TPSA) is 121 Å². The van der Waals surface area contributed by atoms with Crippen LogP contribution in [0.5, 0.6) is 0 Å². The molecule has 1 aromatic carbocycles. The maximum atomic E-state index is 14.7. The molecule has 14 heteroatoms. The summed E-state index contributed by atoms with van der Waals surface area (Å²) in [7, 11) is 0. The van der Waals surface area contributed by atoms with Crippen molar-refractivity contribution in [1.82, 2.24) is 14.5 Å². The van der Waals surface area contributed by atoms with Crippen molar-refractivity contribution in [2.24, 2.45) is 16.8 Å². The highest BCUT2D eigenvalue weighted by Crippen LogP contribution is 2.43. The number of hydrogen-bond donors (Lipinski definition) is 1. The normalized spacial score (nSPS) is 18.4. The van der Waals surface area contributed by atoms with E-state index in [0.717, 1.165) is 0 Å². The Kier molecular flexibility index (Phi) is 8.70. The van der Waals surface area contributed by atoms with Crippen LogP contribution in [0.15, 0.2) is 40.8 Å². The molecule has 1 unspecified atom stereocenters. The first-order chi connectivity index (χ1) is 21.3. The molecule has 2 aliphatic heterocycles. The number of aromatic nitrogens is 2. The molecule has 0 radical (unpaired) electrons. The molecule has 2 aliphatic rings. The minimum Gasteiger partial charge on any atom is -0.396 e. The van der Waals surface area contributed by atoms with Crippen molar-refractivity contribution in [3.63, 3.8) is 0 Å². The number of allylic oxidation sites excluding steroid dienone is 1. The van der Waals surface area contributed by atoms with Crippen molar-refractivity contribution in [3.8, 4) is 17.3 Å². The van der Waals surface area contributed by atoms with Gasteiger partial charge in [-0.1, -0.05) is 56.6 Å². The quantitative estimate of drug-likeness (QED) is 0.158. The molecule has 4 heterocycles. The summed E-state index contributed by atoms with van der Waals surface area (Å²) in [6.45, 7) is 10.3. The molecule has 1 saturated heterocycles. The van der Waals surface area contributed by atoms with Gasteiger partial charge in [0.2, 0.25) is 5.91 Å². The zero-order valence-electron chi connectivity index (χ0n) is 24.5. The number of rotatable bonds is 5. The molecule has 2 atom stereocenters. The summed E-state index contributed by atoms with van der Waals surface area (Å²) < 4.78 is 44.9. The third kappa shape index (κ3) is 5.23. The van der Waals surface area contributed by atoms with Gasteiger partial charge in [-0.25, -0.2) is 18.2 Å². The summed E-state index contributed by atoms with van der Waals surface area (Å²) in [5.41, 5.74) is 4.30. The maximum Gasteiger partial charge on any atom is 0.272 e. The number of halogens is 5. The molecule has 234 valence electrons. The Labute approximate surface area is 266 Å². The Morgan fingerprint density at radius 2 is 1.84 bits per heavy atom. The van der Waals surface area contributed by atoms with Gasteiger partial charge in [0.05, 0.1) is 33.2 Å². The van der Waals surface area contributed by atoms with E-state index in [0.29, 0.717) is 5.71 Å². The van der Waals surface area contributed by atoms with Gasteiger partial charge in [0.15, 0.2) is 17.5 Å². The highest BCUT2D eigenvalue weighted by atomic mass is 35.5. The minimum atomic E-state index is -1.86. The van der Waals surface area contributed by atoms with Crippen LogP contribution < -0.4 is 16.2 Å². The predicted molar refractivity (Wildman–Crippen MR) is 169 cm³/mol. The van der Waals surface area contributed by atoms with E-state index < -0.39 is 45.3 Å². The van der Waals surface area contributed by atoms with Crippen LogP contribution in [-0.4, -0.2) is 52.2 Å². The largest absolute Gasteiger partial charge is 0.396 e. The first-order valence-corrected chi connectivity index (χ1v) is 14.8. The number of benzene rings is 1. The van der Waals surface area contributed by atoms with E-state index in [1.54, 1.807) is 22.1 Å². The Balaban J connectivity index is 1.88. The number of aliphatic imine (C=N–C) groups is 1. The summed E-state index contributed by atoms with van der Waals surface area (Å²) in [6, 6.07) is 2.77. The van der Waals surface area contributed by atoms with Crippen molar-refractivity contribution < 1.29 is 18.0 Å². The molecule has 45 heavy (non-hydrogen) atoms. The van der Waals surface area contributed by atoms with Gasteiger partial charge in [0, 0.05) is 55.0 Å². The summed E-state index contributed by atoms with van der Waals surface area (Å²) in [4.78, 5) is 39.2. The number of nitrogens with two attached hydrogens (primary N) is 1. The molecule has 2 N–H and O–H groups in total. The fourth-order valence-electron chi connectivity index (χ4n) is 5.89. The number of nitriles is 1. The molecule has 1 amide bonds. The van der Waals surface area contributed by atoms with Crippen LogP contribution in [0.25, 0.3) is 22.3 Å². The van der Waals surface area contributed by atoms with Gasteiger partial charge < -0.3 is 15.5 Å². The van der Waals surface area contributed by atoms with Crippen molar-refractivity contribution in [2.45, 2.75) is 26.8 Å². The number of carbonyl (C=O) groups is 1. The lowest BCUT2D eigenvalue weighted by Gasteiger charge is -2.37. The lowest BCUT2D eigenvalue weighted by atomic mass is 9.88. The second-order valence-corrected chi connectivity index (χ2v) is 11.9. The highest BCUT2D eigenvalue weighted by molar-refractivity contribution is 6.37. The Morgan fingerprint density at radius 1 is 1.18 bits per heavy atom. The van der Waals surface area contributed by atoms with Crippen LogP contribution in [0.2, 0.25) is 10.0 Å². The van der Waals surface area contributed by atoms with Crippen molar-refractivity contribution in [1.29, 1.82) is 5.26 Å². The highest BCUT2D eigenvalue weighted by Gasteiger charge is 2.35. The molecule has 3 aromatic rings. The zero-order chi connectivity index (χ0) is 32.9. The Hall–Kier alpha value is -4.34. The molecule has 9 nitrogen and oxygen atoms in total. The number of pyridine rings is 2. The lowest BCUT2D eigenvalue weighted by Crippen LogP contribution is -2.49. The summed E-state index contributed by atoms with van der Waals surface area (Å²) in [5, 5.41) is 9.64. The van der Waals surface area contributed by atoms with Gasteiger partial charge in [0.1, 0.15) is 17.3 Å². The second-order valence-electron chi connectivity index (χ2n) is 11.1. The third-order valence-electron chi connectivity index (χ3n) is 8.13. The number of carbonyl (C=O) groups excluding carboxylic acids is 1. The van der Waals surface area contributed by atoms with E-state index >= 15 is 0 Å². The molecule has 2 aromatic heterocycles. The first-order valence-electron chi connectivity index (χ1n) is 14.0. The second kappa shape index (κ2) is 12.2. The number of piperazine rings is 1. The van der Waals surface area contributed by atoms with E-state index in [-0.39, 0.29) is 76.9 Å². The van der Waals surface area contributed by atoms with Crippen molar-refractivity contribution in [2.75, 3.05) is 36.8 Å². The Morgan fingerprint density at radius 3 is 2.44 bits per heavy atom. The van der Waals surface area contributed by atoms with Crippen LogP contribution in [0, 0.1) is 40.6 Å². The van der Waals surface area contributed by atoms with Crippen LogP contribution >= 0.6 is 23.2 Å². The molecule has 0 spiro atoms. The van der Waals surface area contributed by atoms with Gasteiger partial charge in [-0.2, -0.15) is 5.26 Å². The average molecular weight is 659 g/mol. The van der Waals surface area contributed by atoms with Crippen molar-refractivity contribution >= 4 is 57.2 Å². The molecule has 0 bridgehead atoms. The van der Waals surface area contributed by atoms with E-state index in [4.69, 9.17) is 28.9 Å². The number of hydrogen-bond acceptors (Lipinski definition) is 7. The monoisotopic (exact) mass is 657 g/mol. The zero-order valence-corrected chi connectivity index (χ0v) is 26.1. The van der Waals surface area contributed by atoms with Gasteiger partial charge in [0.25, 0.3) is 5.56 Å². The summed E-state index contributed by atoms with van der Waals surface area (Å²) >= 11 is 12.8. The summed E-state index contributed by atoms with van der Waals surface area (Å²) in [5.74, 6) is -5.87. The van der Waals surface area contributed by atoms with E-state index in [1.807, 2.05) is 20.8 Å². The fraction of sp³-hybridized carbons (Fsp3) is 0.323. The average Bonchev–Trinajstić information content (AvgIpc) is 3.02. The third-order valence-corrected chi connectivity index (χ3v) is 8.77. The molecule has 5 rings (SSSR count). The Bertz CT molecular complexity index is 1900. The number of fused-ring (bicyclic) bond motifs is 1. The van der Waals surface area contributed by atoms with E-state index in [9.17, 15) is 28.0 Å². The number of nitrogen functional groups attached to an aromatic ring is 1. The van der Waals surface area contributed by atoms with Crippen molar-refractivity contribution in [3.05, 3.63) is 74.4 Å². The fourth-order valence-corrected chi connectivity index (χ4v) is 6.41. The number of amides is 1. The van der Waals surface area contributed by atoms with Crippen LogP contribution in [0.4, 0.5) is 24.5 Å². The SMILES string of the molecule is C=CC(=O)N1CCN(c2c(C#N)c(=O)n(C3C(C(C)C)=NC=C[C@H]3C)c3nc(-c4c(N)c(F)c(F)c(F)c4Cl)c(Cl)cc23)CC1.